The zero-order valence-corrected chi connectivity index (χ0v) is 16.7. The Balaban J connectivity index is 1.27. The molecule has 0 saturated carbocycles. The fourth-order valence-corrected chi connectivity index (χ4v) is 3.35. The molecule has 4 N–H and O–H groups in total. The highest BCUT2D eigenvalue weighted by atomic mass is 16.2. The zero-order valence-electron chi connectivity index (χ0n) is 16.7. The Hall–Kier alpha value is -4.01. The van der Waals surface area contributed by atoms with E-state index in [9.17, 15) is 14.4 Å². The molecule has 0 saturated heterocycles. The number of carbonyl (C=O) groups is 3. The summed E-state index contributed by atoms with van der Waals surface area (Å²) in [6.07, 6.45) is 1.66. The summed E-state index contributed by atoms with van der Waals surface area (Å²) in [7, 11) is 0. The average molecular weight is 418 g/mol. The number of hydrogen-bond acceptors (Lipinski definition) is 5. The number of fused-ring (bicyclic) bond motifs is 1. The van der Waals surface area contributed by atoms with Crippen LogP contribution in [0, 0.1) is 0 Å². The van der Waals surface area contributed by atoms with Crippen LogP contribution in [0.25, 0.3) is 0 Å². The number of benzene rings is 2. The van der Waals surface area contributed by atoms with Gasteiger partial charge in [-0.05, 0) is 30.5 Å². The molecule has 1 aromatic heterocycles. The van der Waals surface area contributed by atoms with Crippen LogP contribution in [0.1, 0.15) is 34.6 Å². The van der Waals surface area contributed by atoms with Crippen LogP contribution < -0.4 is 16.0 Å². The van der Waals surface area contributed by atoms with Crippen LogP contribution in [-0.2, 0) is 22.4 Å². The monoisotopic (exact) mass is 418 g/mol. The van der Waals surface area contributed by atoms with Crippen LogP contribution >= 0.6 is 0 Å². The number of aromatic amines is 1. The molecule has 9 heteroatoms. The lowest BCUT2D eigenvalue weighted by Crippen LogP contribution is -2.41. The molecule has 1 atom stereocenters. The van der Waals surface area contributed by atoms with E-state index in [-0.39, 0.29) is 36.5 Å². The van der Waals surface area contributed by atoms with Gasteiger partial charge in [0.05, 0.1) is 11.3 Å². The van der Waals surface area contributed by atoms with Crippen LogP contribution in [0.5, 0.6) is 0 Å². The Morgan fingerprint density at radius 2 is 1.77 bits per heavy atom. The molecule has 0 fully saturated rings. The summed E-state index contributed by atoms with van der Waals surface area (Å²) in [5.74, 6) is -0.178. The Morgan fingerprint density at radius 3 is 2.61 bits per heavy atom. The van der Waals surface area contributed by atoms with Crippen molar-refractivity contribution in [1.29, 1.82) is 0 Å². The Morgan fingerprint density at radius 1 is 1.00 bits per heavy atom. The average Bonchev–Trinajstić information content (AvgIpc) is 3.18. The van der Waals surface area contributed by atoms with E-state index in [2.05, 4.69) is 31.1 Å². The van der Waals surface area contributed by atoms with Gasteiger partial charge in [0.2, 0.25) is 17.8 Å². The second-order valence-corrected chi connectivity index (χ2v) is 7.24. The first-order valence-corrected chi connectivity index (χ1v) is 10.0. The minimum Gasteiger partial charge on any atom is -0.340 e. The summed E-state index contributed by atoms with van der Waals surface area (Å²) in [5, 5.41) is 14.9. The predicted molar refractivity (Wildman–Crippen MR) is 114 cm³/mol. The second-order valence-electron chi connectivity index (χ2n) is 7.24. The molecule has 1 aliphatic heterocycles. The highest BCUT2D eigenvalue weighted by Crippen LogP contribution is 2.19. The summed E-state index contributed by atoms with van der Waals surface area (Å²) in [6, 6.07) is 16.0. The summed E-state index contributed by atoms with van der Waals surface area (Å²) in [6.45, 7) is 0. The van der Waals surface area contributed by atoms with Gasteiger partial charge in [0.1, 0.15) is 11.9 Å². The molecule has 1 aliphatic rings. The smallest absolute Gasteiger partial charge is 0.254 e. The van der Waals surface area contributed by atoms with Crippen LogP contribution in [0.4, 0.5) is 11.6 Å². The van der Waals surface area contributed by atoms with Gasteiger partial charge in [0.15, 0.2) is 0 Å². The molecule has 3 aromatic rings. The van der Waals surface area contributed by atoms with Gasteiger partial charge >= 0.3 is 0 Å². The lowest BCUT2D eigenvalue weighted by molar-refractivity contribution is -0.118. The van der Waals surface area contributed by atoms with Crippen molar-refractivity contribution < 1.29 is 14.4 Å². The van der Waals surface area contributed by atoms with Crippen molar-refractivity contribution in [2.45, 2.75) is 31.7 Å². The van der Waals surface area contributed by atoms with E-state index in [1.54, 1.807) is 24.3 Å². The van der Waals surface area contributed by atoms with Crippen LogP contribution in [-0.4, -0.2) is 38.9 Å². The summed E-state index contributed by atoms with van der Waals surface area (Å²) < 4.78 is 0. The number of nitrogens with zero attached hydrogens (tertiary/aromatic N) is 2. The van der Waals surface area contributed by atoms with Crippen LogP contribution in [0.3, 0.4) is 0 Å². The third kappa shape index (κ3) is 5.13. The second kappa shape index (κ2) is 9.21. The third-order valence-electron chi connectivity index (χ3n) is 4.99. The van der Waals surface area contributed by atoms with Crippen molar-refractivity contribution in [2.24, 2.45) is 0 Å². The largest absolute Gasteiger partial charge is 0.340 e. The van der Waals surface area contributed by atoms with Gasteiger partial charge in [0.25, 0.3) is 5.91 Å². The van der Waals surface area contributed by atoms with E-state index in [1.165, 1.54) is 5.56 Å². The highest BCUT2D eigenvalue weighted by molar-refractivity contribution is 6.09. The number of hydrogen-bond donors (Lipinski definition) is 4. The summed E-state index contributed by atoms with van der Waals surface area (Å²) in [5.41, 5.74) is 2.04. The zero-order chi connectivity index (χ0) is 21.6. The first kappa shape index (κ1) is 20.3. The number of nitrogens with one attached hydrogen (secondary N) is 4. The number of aryl methyl sites for hydroxylation is 2. The Labute approximate surface area is 178 Å². The van der Waals surface area contributed by atoms with E-state index in [0.29, 0.717) is 23.5 Å². The number of H-pyrrole nitrogens is 1. The van der Waals surface area contributed by atoms with Gasteiger partial charge in [-0.2, -0.15) is 4.98 Å². The first-order valence-electron chi connectivity index (χ1n) is 10.0. The highest BCUT2D eigenvalue weighted by Gasteiger charge is 2.27. The molecule has 4 rings (SSSR count). The lowest BCUT2D eigenvalue weighted by atomic mass is 10.1. The molecule has 3 amide bonds. The van der Waals surface area contributed by atoms with Crippen molar-refractivity contribution in [1.82, 2.24) is 20.5 Å². The molecule has 0 aliphatic carbocycles. The van der Waals surface area contributed by atoms with Crippen molar-refractivity contribution >= 4 is 29.4 Å². The van der Waals surface area contributed by atoms with Crippen LogP contribution in [0.2, 0.25) is 0 Å². The summed E-state index contributed by atoms with van der Waals surface area (Å²) in [4.78, 5) is 41.3. The maximum atomic E-state index is 12.4. The summed E-state index contributed by atoms with van der Waals surface area (Å²) >= 11 is 0. The maximum absolute atomic E-state index is 12.4. The third-order valence-corrected chi connectivity index (χ3v) is 4.99. The standard InChI is InChI=1S/C22H22N6O3/c29-19(26-22-25-18(27-28-22)12-10-14-6-2-1-3-7-14)13-11-17-21(31)23-16-9-5-4-8-15(16)20(30)24-17/h1-9,17H,10-13H2,(H,23,31)(H,24,30)(H2,25,26,27,28,29)/t17-/m1/s1. The number of amides is 3. The molecule has 31 heavy (non-hydrogen) atoms. The number of aromatic nitrogens is 3. The van der Waals surface area contributed by atoms with Crippen molar-refractivity contribution in [3.8, 4) is 0 Å². The van der Waals surface area contributed by atoms with Gasteiger partial charge < -0.3 is 10.6 Å². The number of para-hydroxylation sites is 1. The van der Waals surface area contributed by atoms with Crippen molar-refractivity contribution in [3.63, 3.8) is 0 Å². The normalized spacial score (nSPS) is 15.4. The van der Waals surface area contributed by atoms with E-state index in [1.807, 2.05) is 30.3 Å². The number of rotatable bonds is 7. The first-order chi connectivity index (χ1) is 15.1. The number of carbonyl (C=O) groups excluding carboxylic acids is 3. The molecule has 0 radical (unpaired) electrons. The molecule has 0 spiro atoms. The quantitative estimate of drug-likeness (QED) is 0.467. The molecule has 2 aromatic carbocycles. The number of anilines is 2. The maximum Gasteiger partial charge on any atom is 0.254 e. The van der Waals surface area contributed by atoms with Crippen molar-refractivity contribution in [3.05, 3.63) is 71.5 Å². The van der Waals surface area contributed by atoms with Gasteiger partial charge in [-0.25, -0.2) is 0 Å². The van der Waals surface area contributed by atoms with E-state index in [4.69, 9.17) is 0 Å². The molecule has 9 nitrogen and oxygen atoms in total. The molecular formula is C22H22N6O3. The Bertz CT molecular complexity index is 1100. The van der Waals surface area contributed by atoms with E-state index in [0.717, 1.165) is 6.42 Å². The van der Waals surface area contributed by atoms with E-state index >= 15 is 0 Å². The van der Waals surface area contributed by atoms with E-state index < -0.39 is 6.04 Å². The van der Waals surface area contributed by atoms with Gasteiger partial charge in [-0.15, -0.1) is 5.10 Å². The molecule has 2 heterocycles. The fraction of sp³-hybridized carbons (Fsp3) is 0.227. The topological polar surface area (TPSA) is 129 Å². The van der Waals surface area contributed by atoms with Gasteiger partial charge in [0, 0.05) is 12.8 Å². The fourth-order valence-electron chi connectivity index (χ4n) is 3.35. The Kier molecular flexibility index (Phi) is 6.02. The molecular weight excluding hydrogens is 396 g/mol. The lowest BCUT2D eigenvalue weighted by Gasteiger charge is -2.13. The van der Waals surface area contributed by atoms with Crippen molar-refractivity contribution in [2.75, 3.05) is 10.6 Å². The minimum absolute atomic E-state index is 0.0304. The molecule has 158 valence electrons. The van der Waals surface area contributed by atoms with Gasteiger partial charge in [-0.1, -0.05) is 42.5 Å². The SMILES string of the molecule is O=C(CC[C@H]1NC(=O)c2ccccc2NC1=O)Nc1n[nH]c(CCc2ccccc2)n1. The predicted octanol–water partition coefficient (Wildman–Crippen LogP) is 2.06. The molecule has 0 unspecified atom stereocenters. The van der Waals surface area contributed by atoms with Crippen LogP contribution in [0.15, 0.2) is 54.6 Å². The molecule has 0 bridgehead atoms. The minimum atomic E-state index is -0.806. The van der Waals surface area contributed by atoms with Gasteiger partial charge in [-0.3, -0.25) is 24.8 Å².